The Kier molecular flexibility index (Phi) is 5.87. The molecule has 1 rings (SSSR count). The third-order valence-corrected chi connectivity index (χ3v) is 1.60. The van der Waals surface area contributed by atoms with E-state index in [1.165, 1.54) is 6.34 Å². The molecule has 0 aliphatic heterocycles. The van der Waals surface area contributed by atoms with E-state index in [2.05, 4.69) is 10.4 Å². The van der Waals surface area contributed by atoms with Crippen molar-refractivity contribution in [3.05, 3.63) is 29.8 Å². The maximum atomic E-state index is 10.7. The summed E-state index contributed by atoms with van der Waals surface area (Å²) in [4.78, 5) is 14.6. The third-order valence-electron chi connectivity index (χ3n) is 1.38. The summed E-state index contributed by atoms with van der Waals surface area (Å²) in [5.41, 5.74) is 3.41. The third kappa shape index (κ3) is 3.74. The molecule has 0 radical (unpaired) electrons. The van der Waals surface area contributed by atoms with Gasteiger partial charge in [-0.05, 0) is 35.9 Å². The largest absolute Gasteiger partial charge is 0.315 e. The molecule has 0 saturated heterocycles. The first-order valence-electron chi connectivity index (χ1n) is 3.52. The molecule has 4 nitrogen and oxygen atoms in total. The number of carbonyl (C=O) groups excluding carboxylic acids is 1. The number of aliphatic imine (C=N–C) groups is 1. The predicted octanol–water partition coefficient (Wildman–Crippen LogP) is 1.61. The zero-order chi connectivity index (χ0) is 9.68. The van der Waals surface area contributed by atoms with E-state index in [4.69, 9.17) is 17.4 Å². The van der Waals surface area contributed by atoms with Crippen LogP contribution in [0.3, 0.4) is 0 Å². The second-order valence-corrected chi connectivity index (χ2v) is 2.59. The topological polar surface area (TPSA) is 67.5 Å². The molecule has 76 valence electrons. The van der Waals surface area contributed by atoms with Gasteiger partial charge in [0.2, 0.25) is 0 Å². The zero-order valence-electron chi connectivity index (χ0n) is 7.11. The van der Waals surface area contributed by atoms with Crippen molar-refractivity contribution in [1.82, 2.24) is 5.43 Å². The lowest BCUT2D eigenvalue weighted by Gasteiger charge is -1.94. The molecule has 0 fully saturated rings. The summed E-state index contributed by atoms with van der Waals surface area (Å²) in [7, 11) is 0. The molecule has 0 spiro atoms. The Morgan fingerprint density at radius 3 is 2.43 bits per heavy atom. The first-order chi connectivity index (χ1) is 6.24. The van der Waals surface area contributed by atoms with Gasteiger partial charge in [-0.25, -0.2) is 10.8 Å². The van der Waals surface area contributed by atoms with Crippen molar-refractivity contribution in [3.8, 4) is 0 Å². The molecule has 0 saturated carbocycles. The fourth-order valence-corrected chi connectivity index (χ4v) is 0.916. The van der Waals surface area contributed by atoms with Crippen LogP contribution in [0.25, 0.3) is 0 Å². The Bertz CT molecular complexity index is 324. The minimum absolute atomic E-state index is 0. The molecule has 0 unspecified atom stereocenters. The molecular weight excluding hydrogens is 225 g/mol. The normalized spacial score (nSPS) is 9.57. The number of hydrazine groups is 1. The average molecular weight is 234 g/mol. The van der Waals surface area contributed by atoms with E-state index in [0.29, 0.717) is 11.3 Å². The Morgan fingerprint density at radius 2 is 2.00 bits per heavy atom. The molecule has 0 aliphatic carbocycles. The van der Waals surface area contributed by atoms with Crippen molar-refractivity contribution < 1.29 is 4.79 Å². The van der Waals surface area contributed by atoms with E-state index in [1.807, 2.05) is 0 Å². The summed E-state index contributed by atoms with van der Waals surface area (Å²) in [6.45, 7) is 0. The number of nitrogens with zero attached hydrogens (tertiary/aromatic N) is 1. The van der Waals surface area contributed by atoms with E-state index >= 15 is 0 Å². The highest BCUT2D eigenvalue weighted by molar-refractivity contribution is 6.67. The van der Waals surface area contributed by atoms with Gasteiger partial charge in [-0.2, -0.15) is 0 Å². The molecular formula is C8H9Cl2N3O. The summed E-state index contributed by atoms with van der Waals surface area (Å²) < 4.78 is 0. The summed E-state index contributed by atoms with van der Waals surface area (Å²) in [5, 5.41) is -0.479. The second kappa shape index (κ2) is 6.37. The van der Waals surface area contributed by atoms with Gasteiger partial charge < -0.3 is 5.43 Å². The standard InChI is InChI=1S/C8H8ClN3O.ClH/c9-8(13)6-1-3-7(4-2-6)11-5-12-10;/h1-5H,10H2,(H,11,12);1H. The molecule has 6 heteroatoms. The summed E-state index contributed by atoms with van der Waals surface area (Å²) in [6.07, 6.45) is 1.34. The summed E-state index contributed by atoms with van der Waals surface area (Å²) >= 11 is 5.25. The second-order valence-electron chi connectivity index (χ2n) is 2.25. The van der Waals surface area contributed by atoms with Gasteiger partial charge in [0.15, 0.2) is 0 Å². The number of hydrogen-bond acceptors (Lipinski definition) is 3. The number of benzene rings is 1. The van der Waals surface area contributed by atoms with Crippen molar-refractivity contribution in [2.75, 3.05) is 0 Å². The molecule has 1 aromatic rings. The summed E-state index contributed by atoms with van der Waals surface area (Å²) in [6, 6.07) is 6.53. The molecule has 0 amide bonds. The predicted molar refractivity (Wildman–Crippen MR) is 59.3 cm³/mol. The zero-order valence-corrected chi connectivity index (χ0v) is 8.68. The Labute approximate surface area is 92.5 Å². The average Bonchev–Trinajstić information content (AvgIpc) is 2.15. The van der Waals surface area contributed by atoms with Crippen LogP contribution in [-0.2, 0) is 0 Å². The van der Waals surface area contributed by atoms with Gasteiger partial charge in [0.1, 0.15) is 6.34 Å². The fourth-order valence-electron chi connectivity index (χ4n) is 0.790. The number of carbonyl (C=O) groups is 1. The monoisotopic (exact) mass is 233 g/mol. The highest BCUT2D eigenvalue weighted by Crippen LogP contribution is 2.13. The number of hydrogen-bond donors (Lipinski definition) is 2. The van der Waals surface area contributed by atoms with Gasteiger partial charge in [0.25, 0.3) is 5.24 Å². The van der Waals surface area contributed by atoms with Crippen molar-refractivity contribution in [1.29, 1.82) is 0 Å². The van der Waals surface area contributed by atoms with Crippen LogP contribution < -0.4 is 11.3 Å². The van der Waals surface area contributed by atoms with Crippen molar-refractivity contribution in [2.24, 2.45) is 10.8 Å². The minimum Gasteiger partial charge on any atom is -0.315 e. The molecule has 0 bridgehead atoms. The molecule has 0 aromatic heterocycles. The SMILES string of the molecule is Cl.NNC=Nc1ccc(C(=O)Cl)cc1. The fraction of sp³-hybridized carbons (Fsp3) is 0. The van der Waals surface area contributed by atoms with E-state index in [9.17, 15) is 4.79 Å². The number of rotatable bonds is 3. The molecule has 0 heterocycles. The van der Waals surface area contributed by atoms with Crippen molar-refractivity contribution in [3.63, 3.8) is 0 Å². The first-order valence-corrected chi connectivity index (χ1v) is 3.90. The van der Waals surface area contributed by atoms with Crippen LogP contribution in [0.2, 0.25) is 0 Å². The number of nitrogens with one attached hydrogen (secondary N) is 1. The Morgan fingerprint density at radius 1 is 1.43 bits per heavy atom. The lowest BCUT2D eigenvalue weighted by molar-refractivity contribution is 0.108. The highest BCUT2D eigenvalue weighted by atomic mass is 35.5. The number of halogens is 2. The van der Waals surface area contributed by atoms with E-state index in [-0.39, 0.29) is 12.4 Å². The quantitative estimate of drug-likeness (QED) is 0.274. The van der Waals surface area contributed by atoms with Crippen molar-refractivity contribution in [2.45, 2.75) is 0 Å². The van der Waals surface area contributed by atoms with Crippen LogP contribution in [-0.4, -0.2) is 11.6 Å². The lowest BCUT2D eigenvalue weighted by Crippen LogP contribution is -2.18. The van der Waals surface area contributed by atoms with E-state index in [0.717, 1.165) is 0 Å². The summed E-state index contributed by atoms with van der Waals surface area (Å²) in [5.74, 6) is 4.98. The van der Waals surface area contributed by atoms with Gasteiger partial charge in [-0.15, -0.1) is 12.4 Å². The van der Waals surface area contributed by atoms with E-state index in [1.54, 1.807) is 24.3 Å². The van der Waals surface area contributed by atoms with Crippen LogP contribution in [0.5, 0.6) is 0 Å². The van der Waals surface area contributed by atoms with Gasteiger partial charge in [-0.1, -0.05) is 0 Å². The maximum Gasteiger partial charge on any atom is 0.252 e. The van der Waals surface area contributed by atoms with Gasteiger partial charge in [0, 0.05) is 5.56 Å². The van der Waals surface area contributed by atoms with Crippen LogP contribution in [0, 0.1) is 0 Å². The molecule has 3 N–H and O–H groups in total. The smallest absolute Gasteiger partial charge is 0.252 e. The number of nitrogens with two attached hydrogens (primary N) is 1. The molecule has 0 aliphatic rings. The molecule has 1 aromatic carbocycles. The molecule has 0 atom stereocenters. The van der Waals surface area contributed by atoms with Crippen LogP contribution >= 0.6 is 24.0 Å². The Hall–Kier alpha value is -1.10. The Balaban J connectivity index is 0.00000169. The van der Waals surface area contributed by atoms with Crippen LogP contribution in [0.1, 0.15) is 10.4 Å². The first kappa shape index (κ1) is 12.9. The van der Waals surface area contributed by atoms with E-state index < -0.39 is 5.24 Å². The van der Waals surface area contributed by atoms with Crippen LogP contribution in [0.4, 0.5) is 5.69 Å². The highest BCUT2D eigenvalue weighted by Gasteiger charge is 1.99. The maximum absolute atomic E-state index is 10.7. The lowest BCUT2D eigenvalue weighted by atomic mass is 10.2. The minimum atomic E-state index is -0.479. The molecule has 14 heavy (non-hydrogen) atoms. The van der Waals surface area contributed by atoms with Crippen LogP contribution in [0.15, 0.2) is 29.3 Å². The van der Waals surface area contributed by atoms with Crippen molar-refractivity contribution >= 4 is 41.3 Å². The van der Waals surface area contributed by atoms with Gasteiger partial charge in [0.05, 0.1) is 5.69 Å². The van der Waals surface area contributed by atoms with Gasteiger partial charge in [-0.3, -0.25) is 4.79 Å². The van der Waals surface area contributed by atoms with Gasteiger partial charge >= 0.3 is 0 Å².